The standard InChI is InChI=1S/C34H21N5O/c1-3-9-22(10-4-1)32-36-33(23-11-5-2-6-12-23)38-34(37-32)25-15-17-27-26-16-14-24(19-29(26)40-30(27)20-25)28-21-39-18-8-7-13-31(39)35-28/h1-21H. The lowest BCUT2D eigenvalue weighted by Crippen LogP contribution is -2.00. The Morgan fingerprint density at radius 3 is 1.65 bits per heavy atom. The summed E-state index contributed by atoms with van der Waals surface area (Å²) >= 11 is 0. The van der Waals surface area contributed by atoms with Crippen molar-refractivity contribution in [3.05, 3.63) is 128 Å². The van der Waals surface area contributed by atoms with Crippen molar-refractivity contribution < 1.29 is 4.42 Å². The Labute approximate surface area is 229 Å². The maximum absolute atomic E-state index is 6.37. The Bertz CT molecular complexity index is 2070. The van der Waals surface area contributed by atoms with E-state index in [9.17, 15) is 0 Å². The Kier molecular flexibility index (Phi) is 5.03. The highest BCUT2D eigenvalue weighted by atomic mass is 16.3. The van der Waals surface area contributed by atoms with E-state index < -0.39 is 0 Å². The lowest BCUT2D eigenvalue weighted by molar-refractivity contribution is 0.669. The summed E-state index contributed by atoms with van der Waals surface area (Å²) in [5, 5.41) is 2.10. The first-order chi connectivity index (χ1) is 19.8. The third-order valence-corrected chi connectivity index (χ3v) is 7.09. The number of furan rings is 1. The topological polar surface area (TPSA) is 69.1 Å². The number of hydrogen-bond acceptors (Lipinski definition) is 5. The van der Waals surface area contributed by atoms with Crippen LogP contribution < -0.4 is 0 Å². The molecule has 0 aliphatic rings. The molecule has 6 heteroatoms. The van der Waals surface area contributed by atoms with Gasteiger partial charge in [-0.15, -0.1) is 0 Å². The molecule has 0 amide bonds. The second kappa shape index (κ2) is 8.99. The third kappa shape index (κ3) is 3.82. The van der Waals surface area contributed by atoms with Gasteiger partial charge in [-0.1, -0.05) is 78.9 Å². The molecule has 8 rings (SSSR count). The molecule has 8 aromatic rings. The smallest absolute Gasteiger partial charge is 0.164 e. The zero-order valence-electron chi connectivity index (χ0n) is 21.3. The van der Waals surface area contributed by atoms with Crippen LogP contribution in [0.2, 0.25) is 0 Å². The van der Waals surface area contributed by atoms with Gasteiger partial charge in [-0.3, -0.25) is 0 Å². The largest absolute Gasteiger partial charge is 0.456 e. The third-order valence-electron chi connectivity index (χ3n) is 7.09. The molecule has 0 unspecified atom stereocenters. The number of pyridine rings is 1. The molecule has 0 spiro atoms. The van der Waals surface area contributed by atoms with E-state index in [-0.39, 0.29) is 0 Å². The highest BCUT2D eigenvalue weighted by Gasteiger charge is 2.15. The van der Waals surface area contributed by atoms with Crippen LogP contribution in [-0.2, 0) is 0 Å². The molecule has 0 aliphatic carbocycles. The summed E-state index contributed by atoms with van der Waals surface area (Å²) in [6, 6.07) is 38.3. The van der Waals surface area contributed by atoms with Gasteiger partial charge in [0.05, 0.1) is 5.69 Å². The summed E-state index contributed by atoms with van der Waals surface area (Å²) in [7, 11) is 0. The molecule has 0 saturated heterocycles. The van der Waals surface area contributed by atoms with Crippen LogP contribution in [0.3, 0.4) is 0 Å². The highest BCUT2D eigenvalue weighted by molar-refractivity contribution is 6.06. The summed E-state index contributed by atoms with van der Waals surface area (Å²) in [6.07, 6.45) is 4.04. The predicted octanol–water partition coefficient (Wildman–Crippen LogP) is 8.09. The molecule has 0 fully saturated rings. The Hall–Kier alpha value is -5.62. The van der Waals surface area contributed by atoms with Crippen LogP contribution in [0.5, 0.6) is 0 Å². The molecule has 6 nitrogen and oxygen atoms in total. The maximum Gasteiger partial charge on any atom is 0.164 e. The van der Waals surface area contributed by atoms with Crippen LogP contribution in [0.4, 0.5) is 0 Å². The van der Waals surface area contributed by atoms with Crippen molar-refractivity contribution in [2.75, 3.05) is 0 Å². The monoisotopic (exact) mass is 515 g/mol. The molecule has 188 valence electrons. The van der Waals surface area contributed by atoms with Crippen molar-refractivity contribution in [3.63, 3.8) is 0 Å². The first kappa shape index (κ1) is 22.4. The number of rotatable bonds is 4. The maximum atomic E-state index is 6.37. The zero-order valence-corrected chi connectivity index (χ0v) is 21.3. The van der Waals surface area contributed by atoms with Gasteiger partial charge in [-0.2, -0.15) is 0 Å². The van der Waals surface area contributed by atoms with E-state index in [1.165, 1.54) is 0 Å². The van der Waals surface area contributed by atoms with Crippen molar-refractivity contribution >= 4 is 27.6 Å². The van der Waals surface area contributed by atoms with Crippen LogP contribution in [0.25, 0.3) is 73.0 Å². The Balaban J connectivity index is 1.25. The molecule has 0 N–H and O–H groups in total. The quantitative estimate of drug-likeness (QED) is 0.237. The van der Waals surface area contributed by atoms with E-state index in [0.29, 0.717) is 17.5 Å². The second-order valence-corrected chi connectivity index (χ2v) is 9.65. The van der Waals surface area contributed by atoms with E-state index in [2.05, 4.69) is 24.3 Å². The highest BCUT2D eigenvalue weighted by Crippen LogP contribution is 2.34. The van der Waals surface area contributed by atoms with Crippen LogP contribution in [0.15, 0.2) is 132 Å². The normalized spacial score (nSPS) is 11.5. The van der Waals surface area contributed by atoms with Gasteiger partial charge in [0, 0.05) is 45.4 Å². The molecule has 0 aliphatic heterocycles. The summed E-state index contributed by atoms with van der Waals surface area (Å²) in [5.41, 5.74) is 7.15. The van der Waals surface area contributed by atoms with Crippen molar-refractivity contribution in [1.29, 1.82) is 0 Å². The van der Waals surface area contributed by atoms with Crippen LogP contribution in [0.1, 0.15) is 0 Å². The number of hydrogen-bond donors (Lipinski definition) is 0. The van der Waals surface area contributed by atoms with Crippen molar-refractivity contribution in [2.24, 2.45) is 0 Å². The van der Waals surface area contributed by atoms with Gasteiger partial charge >= 0.3 is 0 Å². The fourth-order valence-electron chi connectivity index (χ4n) is 5.09. The average Bonchev–Trinajstić information content (AvgIpc) is 3.62. The van der Waals surface area contributed by atoms with Crippen molar-refractivity contribution in [1.82, 2.24) is 24.3 Å². The second-order valence-electron chi connectivity index (χ2n) is 9.65. The lowest BCUT2D eigenvalue weighted by atomic mass is 10.1. The van der Waals surface area contributed by atoms with Crippen LogP contribution >= 0.6 is 0 Å². The zero-order chi connectivity index (χ0) is 26.5. The molecular formula is C34H21N5O. The Morgan fingerprint density at radius 1 is 0.475 bits per heavy atom. The van der Waals surface area contributed by atoms with Gasteiger partial charge < -0.3 is 8.82 Å². The molecule has 0 saturated carbocycles. The SMILES string of the molecule is c1ccc(-c2nc(-c3ccccc3)nc(-c3ccc4c(c3)oc3cc(-c5cn6ccccc6n5)ccc34)n2)cc1. The molecule has 0 atom stereocenters. The summed E-state index contributed by atoms with van der Waals surface area (Å²) in [5.74, 6) is 1.86. The van der Waals surface area contributed by atoms with Crippen molar-refractivity contribution in [3.8, 4) is 45.4 Å². The van der Waals surface area contributed by atoms with E-state index in [1.54, 1.807) is 0 Å². The average molecular weight is 516 g/mol. The van der Waals surface area contributed by atoms with Crippen molar-refractivity contribution in [2.45, 2.75) is 0 Å². The predicted molar refractivity (Wildman–Crippen MR) is 158 cm³/mol. The van der Waals surface area contributed by atoms with Crippen LogP contribution in [-0.4, -0.2) is 24.3 Å². The summed E-state index contributed by atoms with van der Waals surface area (Å²) < 4.78 is 8.40. The summed E-state index contributed by atoms with van der Waals surface area (Å²) in [4.78, 5) is 19.3. The fourth-order valence-corrected chi connectivity index (χ4v) is 5.09. The van der Waals surface area contributed by atoms with Gasteiger partial charge in [-0.25, -0.2) is 19.9 Å². The minimum atomic E-state index is 0.598. The number of fused-ring (bicyclic) bond motifs is 4. The first-order valence-corrected chi connectivity index (χ1v) is 13.1. The first-order valence-electron chi connectivity index (χ1n) is 13.1. The van der Waals surface area contributed by atoms with E-state index in [4.69, 9.17) is 24.4 Å². The van der Waals surface area contributed by atoms with Gasteiger partial charge in [0.2, 0.25) is 0 Å². The van der Waals surface area contributed by atoms with Crippen LogP contribution in [0, 0.1) is 0 Å². The lowest BCUT2D eigenvalue weighted by Gasteiger charge is -2.08. The van der Waals surface area contributed by atoms with E-state index >= 15 is 0 Å². The molecule has 4 aromatic carbocycles. The fraction of sp³-hybridized carbons (Fsp3) is 0. The number of nitrogens with zero attached hydrogens (tertiary/aromatic N) is 5. The van der Waals surface area contributed by atoms with Gasteiger partial charge in [-0.05, 0) is 36.4 Å². The molecule has 0 bridgehead atoms. The minimum absolute atomic E-state index is 0.598. The number of aromatic nitrogens is 5. The van der Waals surface area contributed by atoms with E-state index in [0.717, 1.165) is 55.5 Å². The minimum Gasteiger partial charge on any atom is -0.456 e. The Morgan fingerprint density at radius 2 is 1.02 bits per heavy atom. The number of benzene rings is 4. The van der Waals surface area contributed by atoms with Gasteiger partial charge in [0.15, 0.2) is 17.5 Å². The summed E-state index contributed by atoms with van der Waals surface area (Å²) in [6.45, 7) is 0. The number of imidazole rings is 1. The molecule has 4 heterocycles. The van der Waals surface area contributed by atoms with E-state index in [1.807, 2.05) is 108 Å². The molecule has 4 aromatic heterocycles. The molecule has 0 radical (unpaired) electrons. The van der Waals surface area contributed by atoms with Gasteiger partial charge in [0.25, 0.3) is 0 Å². The molecular weight excluding hydrogens is 494 g/mol. The van der Waals surface area contributed by atoms with Gasteiger partial charge in [0.1, 0.15) is 16.8 Å². The molecule has 40 heavy (non-hydrogen) atoms.